The molecule has 1 aliphatic carbocycles. The molecule has 0 radical (unpaired) electrons. The number of hydrogen-bond donors (Lipinski definition) is 0. The van der Waals surface area contributed by atoms with E-state index in [4.69, 9.17) is 0 Å². The van der Waals surface area contributed by atoms with Crippen molar-refractivity contribution in [2.75, 3.05) is 11.6 Å². The zero-order valence-corrected chi connectivity index (χ0v) is 16.6. The second kappa shape index (κ2) is 6.55. The van der Waals surface area contributed by atoms with Crippen LogP contribution in [0.15, 0.2) is 34.2 Å². The van der Waals surface area contributed by atoms with E-state index in [0.29, 0.717) is 0 Å². The van der Waals surface area contributed by atoms with Crippen molar-refractivity contribution in [2.45, 2.75) is 46.1 Å². The summed E-state index contributed by atoms with van der Waals surface area (Å²) in [6, 6.07) is 8.62. The van der Waals surface area contributed by atoms with Crippen molar-refractivity contribution in [2.24, 2.45) is 17.6 Å². The van der Waals surface area contributed by atoms with Crippen molar-refractivity contribution < 1.29 is 0 Å². The molecule has 4 rings (SSSR count). The molecule has 1 atom stereocenters. The van der Waals surface area contributed by atoms with E-state index in [9.17, 15) is 4.79 Å². The molecule has 0 saturated carbocycles. The van der Waals surface area contributed by atoms with E-state index in [-0.39, 0.29) is 17.0 Å². The smallest absolute Gasteiger partial charge is 0.295 e. The van der Waals surface area contributed by atoms with Crippen LogP contribution in [0.4, 0.5) is 5.69 Å². The molecule has 1 aromatic carbocycles. The van der Waals surface area contributed by atoms with Gasteiger partial charge in [0.25, 0.3) is 0 Å². The Morgan fingerprint density at radius 2 is 2.04 bits per heavy atom. The van der Waals surface area contributed by atoms with Gasteiger partial charge in [0.1, 0.15) is 0 Å². The number of rotatable bonds is 3. The molecule has 2 aliphatic rings. The lowest BCUT2D eigenvalue weighted by Gasteiger charge is -2.20. The molecule has 0 fully saturated rings. The van der Waals surface area contributed by atoms with Crippen molar-refractivity contribution in [1.82, 2.24) is 9.13 Å². The lowest BCUT2D eigenvalue weighted by atomic mass is 9.92. The van der Waals surface area contributed by atoms with Gasteiger partial charge in [-0.2, -0.15) is 5.10 Å². The van der Waals surface area contributed by atoms with E-state index in [2.05, 4.69) is 67.3 Å². The molecule has 142 valence electrons. The molecule has 0 N–H and O–H groups in total. The molecule has 0 saturated heterocycles. The summed E-state index contributed by atoms with van der Waals surface area (Å²) in [5, 5.41) is 8.58. The highest BCUT2D eigenvalue weighted by atomic mass is 16.1. The fourth-order valence-corrected chi connectivity index (χ4v) is 3.97. The van der Waals surface area contributed by atoms with Gasteiger partial charge in [-0.05, 0) is 29.5 Å². The van der Waals surface area contributed by atoms with Crippen LogP contribution in [-0.2, 0) is 13.6 Å². The normalized spacial score (nSPS) is 19.0. The van der Waals surface area contributed by atoms with Gasteiger partial charge in [0, 0.05) is 38.7 Å². The zero-order valence-electron chi connectivity index (χ0n) is 16.6. The van der Waals surface area contributed by atoms with Gasteiger partial charge in [-0.15, -0.1) is 0 Å². The highest BCUT2D eigenvalue weighted by Crippen LogP contribution is 2.28. The maximum atomic E-state index is 12.8. The summed E-state index contributed by atoms with van der Waals surface area (Å²) in [6.07, 6.45) is 8.36. The predicted molar refractivity (Wildman–Crippen MR) is 112 cm³/mol. The first-order valence-corrected chi connectivity index (χ1v) is 9.71. The van der Waals surface area contributed by atoms with E-state index in [1.54, 1.807) is 4.57 Å². The van der Waals surface area contributed by atoms with Crippen LogP contribution in [0.1, 0.15) is 45.1 Å². The van der Waals surface area contributed by atoms with E-state index < -0.39 is 0 Å². The van der Waals surface area contributed by atoms with Gasteiger partial charge in [-0.3, -0.25) is 14.1 Å². The molecule has 0 amide bonds. The van der Waals surface area contributed by atoms with E-state index in [1.807, 2.05) is 17.8 Å². The molecule has 5 nitrogen and oxygen atoms in total. The average molecular weight is 364 g/mol. The number of fused-ring (bicyclic) bond motifs is 1. The number of anilines is 1. The predicted octanol–water partition coefficient (Wildman–Crippen LogP) is 2.18. The van der Waals surface area contributed by atoms with Crippen LogP contribution in [0.2, 0.25) is 0 Å². The molecule has 1 aromatic heterocycles. The second-order valence-electron chi connectivity index (χ2n) is 8.78. The molecule has 1 unspecified atom stereocenters. The molecule has 1 aliphatic heterocycles. The highest BCUT2D eigenvalue weighted by molar-refractivity contribution is 5.65. The van der Waals surface area contributed by atoms with Gasteiger partial charge < -0.3 is 0 Å². The fraction of sp³-hybridized carbons (Fsp3) is 0.455. The average Bonchev–Trinajstić information content (AvgIpc) is 3.25. The summed E-state index contributed by atoms with van der Waals surface area (Å²) in [6.45, 7) is 8.17. The molecular weight excluding hydrogens is 336 g/mol. The summed E-state index contributed by atoms with van der Waals surface area (Å²) in [5.74, 6) is 0.278. The van der Waals surface area contributed by atoms with Crippen LogP contribution in [0.25, 0.3) is 12.2 Å². The summed E-state index contributed by atoms with van der Waals surface area (Å²) < 4.78 is 3.72. The van der Waals surface area contributed by atoms with E-state index >= 15 is 0 Å². The van der Waals surface area contributed by atoms with Crippen molar-refractivity contribution in [1.29, 1.82) is 0 Å². The minimum atomic E-state index is 0.0637. The zero-order chi connectivity index (χ0) is 19.2. The quantitative estimate of drug-likeness (QED) is 0.838. The Hall–Kier alpha value is -2.56. The number of nitrogens with zero attached hydrogens (tertiary/aromatic N) is 4. The highest BCUT2D eigenvalue weighted by Gasteiger charge is 2.20. The molecule has 2 heterocycles. The Bertz CT molecular complexity index is 1070. The number of hydrazone groups is 1. The fourth-order valence-electron chi connectivity index (χ4n) is 3.97. The van der Waals surface area contributed by atoms with Gasteiger partial charge in [-0.1, -0.05) is 45.1 Å². The van der Waals surface area contributed by atoms with Gasteiger partial charge >= 0.3 is 5.69 Å². The number of aromatic nitrogens is 2. The van der Waals surface area contributed by atoms with E-state index in [1.165, 1.54) is 5.56 Å². The lowest BCUT2D eigenvalue weighted by molar-refractivity contribution is 0.333. The molecule has 0 spiro atoms. The van der Waals surface area contributed by atoms with Crippen molar-refractivity contribution in [3.63, 3.8) is 0 Å². The summed E-state index contributed by atoms with van der Waals surface area (Å²) in [4.78, 5) is 12.8. The largest absolute Gasteiger partial charge is 0.328 e. The molecule has 0 bridgehead atoms. The van der Waals surface area contributed by atoms with Crippen LogP contribution in [0, 0.1) is 5.41 Å². The summed E-state index contributed by atoms with van der Waals surface area (Å²) in [5.41, 5.74) is 2.55. The molecular formula is C22H28N4O. The van der Waals surface area contributed by atoms with Crippen LogP contribution in [0.5, 0.6) is 0 Å². The number of hydrogen-bond acceptors (Lipinski definition) is 3. The molecule has 5 heteroatoms. The van der Waals surface area contributed by atoms with Crippen LogP contribution in [-0.4, -0.2) is 21.9 Å². The number of imidazole rings is 1. The standard InChI is InChI=1S/C22H28N4O/c1-22(2,3)15-25-19-10-9-17(14-20(19)24(4)21(25)27)16-7-5-8-18(13-16)26-12-6-11-23-26/h5,7-8,10-11,13-14,17H,6,9,12,15H2,1-4H3. The first-order chi connectivity index (χ1) is 12.8. The Morgan fingerprint density at radius 3 is 2.74 bits per heavy atom. The minimum absolute atomic E-state index is 0.0637. The topological polar surface area (TPSA) is 42.5 Å². The first kappa shape index (κ1) is 17.8. The van der Waals surface area contributed by atoms with Crippen molar-refractivity contribution >= 4 is 24.1 Å². The SMILES string of the molecule is Cn1c2c(n(CC(C)(C)C)c1=O)=CCC(c1cccc(N3CCC=N3)c1)C=2. The summed E-state index contributed by atoms with van der Waals surface area (Å²) in [7, 11) is 1.88. The molecule has 27 heavy (non-hydrogen) atoms. The van der Waals surface area contributed by atoms with Crippen molar-refractivity contribution in [3.05, 3.63) is 51.0 Å². The van der Waals surface area contributed by atoms with Crippen LogP contribution >= 0.6 is 0 Å². The third kappa shape index (κ3) is 3.38. The lowest BCUT2D eigenvalue weighted by Crippen LogP contribution is -2.37. The van der Waals surface area contributed by atoms with Gasteiger partial charge in [0.05, 0.1) is 16.4 Å². The summed E-state index contributed by atoms with van der Waals surface area (Å²) >= 11 is 0. The monoisotopic (exact) mass is 364 g/mol. The van der Waals surface area contributed by atoms with Gasteiger partial charge in [-0.25, -0.2) is 4.79 Å². The van der Waals surface area contributed by atoms with Crippen molar-refractivity contribution in [3.8, 4) is 0 Å². The molecule has 2 aromatic rings. The Balaban J connectivity index is 1.73. The van der Waals surface area contributed by atoms with E-state index in [0.717, 1.165) is 42.3 Å². The second-order valence-corrected chi connectivity index (χ2v) is 8.78. The number of benzene rings is 1. The first-order valence-electron chi connectivity index (χ1n) is 9.71. The van der Waals surface area contributed by atoms with Crippen LogP contribution < -0.4 is 21.4 Å². The van der Waals surface area contributed by atoms with Gasteiger partial charge in [0.15, 0.2) is 0 Å². The Morgan fingerprint density at radius 1 is 1.22 bits per heavy atom. The third-order valence-electron chi connectivity index (χ3n) is 5.28. The maximum Gasteiger partial charge on any atom is 0.328 e. The van der Waals surface area contributed by atoms with Gasteiger partial charge in [0.2, 0.25) is 0 Å². The Labute approximate surface area is 159 Å². The van der Waals surface area contributed by atoms with Crippen LogP contribution in [0.3, 0.4) is 0 Å². The maximum absolute atomic E-state index is 12.8. The third-order valence-corrected chi connectivity index (χ3v) is 5.28. The Kier molecular flexibility index (Phi) is 4.33. The minimum Gasteiger partial charge on any atom is -0.295 e.